The molecule has 3 heterocycles. The van der Waals surface area contributed by atoms with Crippen molar-refractivity contribution in [3.8, 4) is 0 Å². The molecule has 0 aliphatic carbocycles. The highest BCUT2D eigenvalue weighted by atomic mass is 32.2. The number of hydrogen-bond donors (Lipinski definition) is 1. The quantitative estimate of drug-likeness (QED) is 0.675. The number of sulfonamides is 1. The maximum absolute atomic E-state index is 12.6. The molecule has 0 atom stereocenters. The van der Waals surface area contributed by atoms with Crippen LogP contribution in [0.3, 0.4) is 0 Å². The lowest BCUT2D eigenvalue weighted by molar-refractivity contribution is -0.153. The van der Waals surface area contributed by atoms with Crippen LogP contribution in [-0.4, -0.2) is 49.3 Å². The number of thiophene rings is 1. The lowest BCUT2D eigenvalue weighted by atomic mass is 9.98. The number of nitrogens with zero attached hydrogens (tertiary/aromatic N) is 2. The van der Waals surface area contributed by atoms with E-state index in [1.54, 1.807) is 6.07 Å². The molecule has 0 aromatic carbocycles. The van der Waals surface area contributed by atoms with Crippen molar-refractivity contribution in [2.24, 2.45) is 5.92 Å². The van der Waals surface area contributed by atoms with Crippen molar-refractivity contribution < 1.29 is 22.7 Å². The number of hydrogen-bond acceptors (Lipinski definition) is 7. The molecule has 1 aliphatic heterocycles. The Bertz CT molecular complexity index is 893. The predicted molar refractivity (Wildman–Crippen MR) is 103 cm³/mol. The third-order valence-corrected chi connectivity index (χ3v) is 7.20. The third kappa shape index (κ3) is 5.15. The summed E-state index contributed by atoms with van der Waals surface area (Å²) in [6, 6.07) is 6.87. The Labute approximate surface area is 167 Å². The van der Waals surface area contributed by atoms with Gasteiger partial charge < -0.3 is 10.1 Å². The number of nitrogens with one attached hydrogen (secondary N) is 1. The van der Waals surface area contributed by atoms with Crippen LogP contribution in [-0.2, 0) is 30.9 Å². The molecule has 0 unspecified atom stereocenters. The SMILES string of the molecule is O=C(COC(=O)C1CCN(S(=O)(=O)c2cccnc2)CC1)NCc1cccs1. The smallest absolute Gasteiger partial charge is 0.309 e. The van der Waals surface area contributed by atoms with Crippen molar-refractivity contribution in [3.05, 3.63) is 46.9 Å². The van der Waals surface area contributed by atoms with Crippen molar-refractivity contribution in [1.29, 1.82) is 0 Å². The third-order valence-electron chi connectivity index (χ3n) is 4.44. The number of ether oxygens (including phenoxy) is 1. The van der Waals surface area contributed by atoms with Crippen LogP contribution in [0.1, 0.15) is 17.7 Å². The van der Waals surface area contributed by atoms with E-state index in [4.69, 9.17) is 4.74 Å². The van der Waals surface area contributed by atoms with Crippen LogP contribution in [0.2, 0.25) is 0 Å². The second-order valence-electron chi connectivity index (χ2n) is 6.33. The van der Waals surface area contributed by atoms with Gasteiger partial charge >= 0.3 is 5.97 Å². The van der Waals surface area contributed by atoms with Crippen molar-refractivity contribution in [2.45, 2.75) is 24.3 Å². The minimum absolute atomic E-state index is 0.137. The molecule has 28 heavy (non-hydrogen) atoms. The largest absolute Gasteiger partial charge is 0.455 e. The summed E-state index contributed by atoms with van der Waals surface area (Å²) in [4.78, 5) is 29.0. The van der Waals surface area contributed by atoms with Crippen LogP contribution in [0.25, 0.3) is 0 Å². The first kappa shape index (κ1) is 20.4. The molecule has 1 saturated heterocycles. The van der Waals surface area contributed by atoms with Crippen molar-refractivity contribution in [1.82, 2.24) is 14.6 Å². The van der Waals surface area contributed by atoms with Crippen LogP contribution in [0.4, 0.5) is 0 Å². The van der Waals surface area contributed by atoms with E-state index in [0.717, 1.165) is 4.88 Å². The normalized spacial score (nSPS) is 15.9. The Morgan fingerprint density at radius 2 is 2.04 bits per heavy atom. The van der Waals surface area contributed by atoms with Gasteiger partial charge in [-0.2, -0.15) is 4.31 Å². The average Bonchev–Trinajstić information content (AvgIpc) is 3.25. The van der Waals surface area contributed by atoms with Gasteiger partial charge in [-0.15, -0.1) is 11.3 Å². The first-order valence-electron chi connectivity index (χ1n) is 8.82. The van der Waals surface area contributed by atoms with E-state index in [1.807, 2.05) is 17.5 Å². The minimum Gasteiger partial charge on any atom is -0.455 e. The van der Waals surface area contributed by atoms with E-state index in [0.29, 0.717) is 19.4 Å². The van der Waals surface area contributed by atoms with Gasteiger partial charge in [0.05, 0.1) is 12.5 Å². The van der Waals surface area contributed by atoms with E-state index >= 15 is 0 Å². The van der Waals surface area contributed by atoms with Gasteiger partial charge in [-0.3, -0.25) is 14.6 Å². The summed E-state index contributed by atoms with van der Waals surface area (Å²) >= 11 is 1.53. The fourth-order valence-electron chi connectivity index (χ4n) is 2.89. The summed E-state index contributed by atoms with van der Waals surface area (Å²) in [5.74, 6) is -1.24. The van der Waals surface area contributed by atoms with Gasteiger partial charge in [-0.25, -0.2) is 8.42 Å². The zero-order valence-electron chi connectivity index (χ0n) is 15.1. The fraction of sp³-hybridized carbons (Fsp3) is 0.389. The highest BCUT2D eigenvalue weighted by Crippen LogP contribution is 2.24. The Morgan fingerprint density at radius 3 is 2.68 bits per heavy atom. The molecule has 2 aromatic heterocycles. The fourth-order valence-corrected chi connectivity index (χ4v) is 4.96. The maximum atomic E-state index is 12.6. The highest BCUT2D eigenvalue weighted by Gasteiger charge is 2.33. The van der Waals surface area contributed by atoms with E-state index in [9.17, 15) is 18.0 Å². The number of amides is 1. The number of aromatic nitrogens is 1. The first-order valence-corrected chi connectivity index (χ1v) is 11.1. The number of esters is 1. The van der Waals surface area contributed by atoms with Gasteiger partial charge in [0.2, 0.25) is 10.0 Å². The second-order valence-corrected chi connectivity index (χ2v) is 9.30. The number of carbonyl (C=O) groups is 2. The van der Waals surface area contributed by atoms with Crippen molar-refractivity contribution >= 4 is 33.2 Å². The first-order chi connectivity index (χ1) is 13.5. The number of pyridine rings is 1. The highest BCUT2D eigenvalue weighted by molar-refractivity contribution is 7.89. The summed E-state index contributed by atoms with van der Waals surface area (Å²) in [5.41, 5.74) is 0. The Balaban J connectivity index is 1.43. The van der Waals surface area contributed by atoms with E-state index in [2.05, 4.69) is 10.3 Å². The van der Waals surface area contributed by atoms with Crippen LogP contribution >= 0.6 is 11.3 Å². The van der Waals surface area contributed by atoms with Crippen LogP contribution < -0.4 is 5.32 Å². The van der Waals surface area contributed by atoms with E-state index in [1.165, 1.54) is 34.1 Å². The minimum atomic E-state index is -3.61. The molecule has 1 N–H and O–H groups in total. The summed E-state index contributed by atoms with van der Waals surface area (Å²) in [6.45, 7) is 0.514. The summed E-state index contributed by atoms with van der Waals surface area (Å²) in [5, 5.41) is 4.61. The molecule has 3 rings (SSSR count). The average molecular weight is 424 g/mol. The summed E-state index contributed by atoms with van der Waals surface area (Å²) in [7, 11) is -3.61. The zero-order valence-corrected chi connectivity index (χ0v) is 16.7. The predicted octanol–water partition coefficient (Wildman–Crippen LogP) is 1.40. The molecule has 0 radical (unpaired) electrons. The second kappa shape index (κ2) is 9.26. The van der Waals surface area contributed by atoms with Crippen LogP contribution in [0, 0.1) is 5.92 Å². The van der Waals surface area contributed by atoms with Gasteiger partial charge in [0, 0.05) is 30.4 Å². The molecule has 0 bridgehead atoms. The van der Waals surface area contributed by atoms with Gasteiger partial charge in [0.1, 0.15) is 4.90 Å². The Hall–Kier alpha value is -2.30. The summed E-state index contributed by atoms with van der Waals surface area (Å²) < 4.78 is 31.6. The lowest BCUT2D eigenvalue weighted by Crippen LogP contribution is -2.41. The van der Waals surface area contributed by atoms with E-state index in [-0.39, 0.29) is 30.5 Å². The Kier molecular flexibility index (Phi) is 6.76. The number of piperidine rings is 1. The molecule has 0 spiro atoms. The molecular weight excluding hydrogens is 402 g/mol. The topological polar surface area (TPSA) is 106 Å². The maximum Gasteiger partial charge on any atom is 0.309 e. The molecular formula is C18H21N3O5S2. The van der Waals surface area contributed by atoms with Crippen molar-refractivity contribution in [3.63, 3.8) is 0 Å². The summed E-state index contributed by atoms with van der Waals surface area (Å²) in [6.07, 6.45) is 3.53. The lowest BCUT2D eigenvalue weighted by Gasteiger charge is -2.29. The van der Waals surface area contributed by atoms with E-state index < -0.39 is 21.9 Å². The van der Waals surface area contributed by atoms with Crippen molar-refractivity contribution in [2.75, 3.05) is 19.7 Å². The van der Waals surface area contributed by atoms with Crippen LogP contribution in [0.5, 0.6) is 0 Å². The molecule has 0 saturated carbocycles. The number of carbonyl (C=O) groups excluding carboxylic acids is 2. The molecule has 1 amide bonds. The van der Waals surface area contributed by atoms with Gasteiger partial charge in [0.15, 0.2) is 6.61 Å². The molecule has 1 aliphatic rings. The van der Waals surface area contributed by atoms with Gasteiger partial charge in [0.25, 0.3) is 5.91 Å². The zero-order chi connectivity index (χ0) is 20.0. The molecule has 8 nitrogen and oxygen atoms in total. The Morgan fingerprint density at radius 1 is 1.25 bits per heavy atom. The van der Waals surface area contributed by atoms with Crippen LogP contribution in [0.15, 0.2) is 46.9 Å². The van der Waals surface area contributed by atoms with Gasteiger partial charge in [-0.05, 0) is 36.4 Å². The number of rotatable bonds is 7. The standard InChI is InChI=1S/C18H21N3O5S2/c22-17(20-11-15-3-2-10-27-15)13-26-18(23)14-5-8-21(9-6-14)28(24,25)16-4-1-7-19-12-16/h1-4,7,10,12,14H,5-6,8-9,11,13H2,(H,20,22). The molecule has 10 heteroatoms. The molecule has 1 fully saturated rings. The monoisotopic (exact) mass is 423 g/mol. The molecule has 2 aromatic rings. The van der Waals surface area contributed by atoms with Gasteiger partial charge in [-0.1, -0.05) is 6.07 Å². The molecule has 150 valence electrons.